The Morgan fingerprint density at radius 1 is 1.25 bits per heavy atom. The summed E-state index contributed by atoms with van der Waals surface area (Å²) in [5, 5.41) is 0. The van der Waals surface area contributed by atoms with E-state index in [0.29, 0.717) is 6.04 Å². The SMILES string of the molecule is CCCCCCC[n+]1cccc([C@@H]2CCCN2C)c1.[I-]. The van der Waals surface area contributed by atoms with Gasteiger partial charge in [0, 0.05) is 24.1 Å². The Bertz CT molecular complexity index is 381. The Morgan fingerprint density at radius 3 is 2.75 bits per heavy atom. The van der Waals surface area contributed by atoms with Crippen molar-refractivity contribution in [3.8, 4) is 0 Å². The van der Waals surface area contributed by atoms with Crippen molar-refractivity contribution in [2.24, 2.45) is 0 Å². The van der Waals surface area contributed by atoms with Crippen LogP contribution < -0.4 is 28.5 Å². The summed E-state index contributed by atoms with van der Waals surface area (Å²) in [6, 6.07) is 5.15. The monoisotopic (exact) mass is 388 g/mol. The van der Waals surface area contributed by atoms with Gasteiger partial charge in [0.15, 0.2) is 12.4 Å². The molecule has 114 valence electrons. The van der Waals surface area contributed by atoms with Gasteiger partial charge in [-0.2, -0.15) is 0 Å². The molecule has 0 aromatic carbocycles. The van der Waals surface area contributed by atoms with Crippen LogP contribution in [-0.2, 0) is 6.54 Å². The highest BCUT2D eigenvalue weighted by molar-refractivity contribution is 5.12. The van der Waals surface area contributed by atoms with Crippen molar-refractivity contribution in [2.75, 3.05) is 13.6 Å². The first-order valence-electron chi connectivity index (χ1n) is 8.00. The van der Waals surface area contributed by atoms with E-state index >= 15 is 0 Å². The Balaban J connectivity index is 0.00000200. The van der Waals surface area contributed by atoms with E-state index < -0.39 is 0 Å². The van der Waals surface area contributed by atoms with Crippen LogP contribution >= 0.6 is 0 Å². The molecule has 1 aromatic heterocycles. The molecule has 0 bridgehead atoms. The Morgan fingerprint density at radius 2 is 2.05 bits per heavy atom. The Hall–Kier alpha value is -0.160. The van der Waals surface area contributed by atoms with Gasteiger partial charge in [-0.05, 0) is 38.9 Å². The van der Waals surface area contributed by atoms with Gasteiger partial charge in [0.05, 0.1) is 0 Å². The maximum atomic E-state index is 2.49. The number of unbranched alkanes of at least 4 members (excludes halogenated alkanes) is 4. The van der Waals surface area contributed by atoms with Crippen molar-refractivity contribution >= 4 is 0 Å². The summed E-state index contributed by atoms with van der Waals surface area (Å²) in [6.45, 7) is 4.70. The molecule has 0 saturated carbocycles. The van der Waals surface area contributed by atoms with E-state index in [2.05, 4.69) is 48.0 Å². The van der Waals surface area contributed by atoms with E-state index in [-0.39, 0.29) is 24.0 Å². The van der Waals surface area contributed by atoms with Crippen LogP contribution in [0.5, 0.6) is 0 Å². The molecule has 3 heteroatoms. The predicted molar refractivity (Wildman–Crippen MR) is 80.0 cm³/mol. The molecule has 2 nitrogen and oxygen atoms in total. The zero-order valence-corrected chi connectivity index (χ0v) is 15.2. The lowest BCUT2D eigenvalue weighted by molar-refractivity contribution is -0.697. The van der Waals surface area contributed by atoms with Crippen molar-refractivity contribution in [1.29, 1.82) is 0 Å². The molecule has 2 rings (SSSR count). The number of hydrogen-bond donors (Lipinski definition) is 0. The minimum atomic E-state index is 0. The number of hydrogen-bond acceptors (Lipinski definition) is 1. The Labute approximate surface area is 141 Å². The van der Waals surface area contributed by atoms with Gasteiger partial charge in [-0.3, -0.25) is 4.90 Å². The molecule has 2 heterocycles. The molecule has 0 aliphatic carbocycles. The summed E-state index contributed by atoms with van der Waals surface area (Å²) in [7, 11) is 2.25. The van der Waals surface area contributed by atoms with Crippen molar-refractivity contribution in [3.05, 3.63) is 30.1 Å². The van der Waals surface area contributed by atoms with Crippen molar-refractivity contribution in [2.45, 2.75) is 64.5 Å². The predicted octanol–water partition coefficient (Wildman–Crippen LogP) is 0.715. The van der Waals surface area contributed by atoms with Crippen LogP contribution in [0.4, 0.5) is 0 Å². The average Bonchev–Trinajstić information content (AvgIpc) is 2.85. The molecule has 1 aromatic rings. The summed E-state index contributed by atoms with van der Waals surface area (Å²) in [6.07, 6.45) is 14.0. The lowest BCUT2D eigenvalue weighted by atomic mass is 10.1. The molecule has 0 spiro atoms. The van der Waals surface area contributed by atoms with Gasteiger partial charge < -0.3 is 24.0 Å². The number of rotatable bonds is 7. The van der Waals surface area contributed by atoms with E-state index in [0.717, 1.165) is 0 Å². The van der Waals surface area contributed by atoms with Crippen LogP contribution in [-0.4, -0.2) is 18.5 Å². The third kappa shape index (κ3) is 5.32. The van der Waals surface area contributed by atoms with Crippen molar-refractivity contribution < 1.29 is 28.5 Å². The van der Waals surface area contributed by atoms with Crippen LogP contribution in [0.3, 0.4) is 0 Å². The number of nitrogens with zero attached hydrogens (tertiary/aromatic N) is 2. The van der Waals surface area contributed by atoms with Crippen LogP contribution in [0.15, 0.2) is 24.5 Å². The molecule has 1 atom stereocenters. The molecule has 0 amide bonds. The second-order valence-corrected chi connectivity index (χ2v) is 5.93. The second kappa shape index (κ2) is 9.72. The van der Waals surface area contributed by atoms with Crippen LogP contribution in [0.2, 0.25) is 0 Å². The number of likely N-dealkylation sites (tertiary alicyclic amines) is 1. The first kappa shape index (κ1) is 17.9. The number of aromatic nitrogens is 1. The first-order valence-corrected chi connectivity index (χ1v) is 8.00. The second-order valence-electron chi connectivity index (χ2n) is 5.93. The molecular weight excluding hydrogens is 359 g/mol. The summed E-state index contributed by atoms with van der Waals surface area (Å²) >= 11 is 0. The minimum absolute atomic E-state index is 0. The number of aryl methyl sites for hydroxylation is 1. The normalized spacial score (nSPS) is 19.0. The fourth-order valence-electron chi connectivity index (χ4n) is 3.11. The number of pyridine rings is 1. The van der Waals surface area contributed by atoms with Gasteiger partial charge in [0.25, 0.3) is 0 Å². The van der Waals surface area contributed by atoms with Crippen LogP contribution in [0.1, 0.15) is 63.5 Å². The lowest BCUT2D eigenvalue weighted by Crippen LogP contribution is -3.00. The van der Waals surface area contributed by atoms with Gasteiger partial charge in [-0.25, -0.2) is 4.57 Å². The fraction of sp³-hybridized carbons (Fsp3) is 0.706. The molecule has 1 aliphatic rings. The molecule has 1 aliphatic heterocycles. The van der Waals surface area contributed by atoms with E-state index in [1.807, 2.05) is 0 Å². The largest absolute Gasteiger partial charge is 1.00 e. The maximum Gasteiger partial charge on any atom is 0.173 e. The molecule has 20 heavy (non-hydrogen) atoms. The van der Waals surface area contributed by atoms with Crippen molar-refractivity contribution in [3.63, 3.8) is 0 Å². The lowest BCUT2D eigenvalue weighted by Gasteiger charge is -2.18. The third-order valence-corrected chi connectivity index (χ3v) is 4.31. The smallest absolute Gasteiger partial charge is 0.173 e. The average molecular weight is 388 g/mol. The highest BCUT2D eigenvalue weighted by Crippen LogP contribution is 2.29. The first-order chi connectivity index (χ1) is 9.31. The third-order valence-electron chi connectivity index (χ3n) is 4.31. The van der Waals surface area contributed by atoms with Gasteiger partial charge in [0.1, 0.15) is 6.54 Å². The zero-order valence-electron chi connectivity index (χ0n) is 13.0. The van der Waals surface area contributed by atoms with Gasteiger partial charge in [-0.15, -0.1) is 0 Å². The Kier molecular flexibility index (Phi) is 8.69. The molecule has 1 fully saturated rings. The molecular formula is C17H29IN2. The van der Waals surface area contributed by atoms with E-state index in [4.69, 9.17) is 0 Å². The molecule has 0 N–H and O–H groups in total. The summed E-state index contributed by atoms with van der Waals surface area (Å²) in [5.74, 6) is 0. The van der Waals surface area contributed by atoms with E-state index in [1.165, 1.54) is 63.6 Å². The summed E-state index contributed by atoms with van der Waals surface area (Å²) in [5.41, 5.74) is 1.50. The fourth-order valence-corrected chi connectivity index (χ4v) is 3.11. The van der Waals surface area contributed by atoms with Gasteiger partial charge in [0.2, 0.25) is 0 Å². The topological polar surface area (TPSA) is 7.12 Å². The summed E-state index contributed by atoms with van der Waals surface area (Å²) in [4.78, 5) is 2.49. The standard InChI is InChI=1S/C17H29N2.HI/c1-3-4-5-6-7-13-19-14-8-10-16(15-19)17-11-9-12-18(17)2;/h8,10,14-15,17H,3-7,9,11-13H2,1-2H3;1H/q+1;/p-1/t17-;/m0./s1. The minimum Gasteiger partial charge on any atom is -1.00 e. The number of halogens is 1. The highest BCUT2D eigenvalue weighted by atomic mass is 127. The zero-order chi connectivity index (χ0) is 13.5. The quantitative estimate of drug-likeness (QED) is 0.379. The van der Waals surface area contributed by atoms with Crippen molar-refractivity contribution in [1.82, 2.24) is 4.90 Å². The van der Waals surface area contributed by atoms with Gasteiger partial charge in [-0.1, -0.05) is 26.2 Å². The highest BCUT2D eigenvalue weighted by Gasteiger charge is 2.24. The van der Waals surface area contributed by atoms with E-state index in [9.17, 15) is 0 Å². The molecule has 1 saturated heterocycles. The van der Waals surface area contributed by atoms with Crippen LogP contribution in [0.25, 0.3) is 0 Å². The maximum absolute atomic E-state index is 2.49. The van der Waals surface area contributed by atoms with E-state index in [1.54, 1.807) is 0 Å². The van der Waals surface area contributed by atoms with Crippen LogP contribution in [0, 0.1) is 0 Å². The molecule has 0 radical (unpaired) electrons. The molecule has 0 unspecified atom stereocenters. The van der Waals surface area contributed by atoms with Gasteiger partial charge >= 0.3 is 0 Å². The summed E-state index contributed by atoms with van der Waals surface area (Å²) < 4.78 is 2.38.